The van der Waals surface area contributed by atoms with Crippen LogP contribution in [0.25, 0.3) is 4.96 Å². The summed E-state index contributed by atoms with van der Waals surface area (Å²) in [6.07, 6.45) is 0.458. The summed E-state index contributed by atoms with van der Waals surface area (Å²) in [6, 6.07) is 1.65. The van der Waals surface area contributed by atoms with Crippen molar-refractivity contribution in [2.45, 2.75) is 39.5 Å². The standard InChI is InChI=1S/C14H19N3O2S/c1-9-8-20-14-15-12(4-13(18)17(9)14)7-16-5-10(2)19-11(3)6-16/h4,8,10-11H,5-7H2,1-3H3. The molecule has 5 nitrogen and oxygen atoms in total. The lowest BCUT2D eigenvalue weighted by Gasteiger charge is -2.34. The highest BCUT2D eigenvalue weighted by molar-refractivity contribution is 7.15. The highest BCUT2D eigenvalue weighted by atomic mass is 32.1. The molecule has 0 N–H and O–H groups in total. The van der Waals surface area contributed by atoms with Crippen LogP contribution >= 0.6 is 11.3 Å². The summed E-state index contributed by atoms with van der Waals surface area (Å²) >= 11 is 1.51. The van der Waals surface area contributed by atoms with Crippen molar-refractivity contribution < 1.29 is 4.74 Å². The van der Waals surface area contributed by atoms with Crippen molar-refractivity contribution in [3.8, 4) is 0 Å². The predicted octanol–water partition coefficient (Wildman–Crippen LogP) is 1.67. The zero-order valence-electron chi connectivity index (χ0n) is 12.0. The number of fused-ring (bicyclic) bond motifs is 1. The van der Waals surface area contributed by atoms with Gasteiger partial charge in [-0.25, -0.2) is 4.98 Å². The van der Waals surface area contributed by atoms with Gasteiger partial charge in [-0.1, -0.05) is 0 Å². The van der Waals surface area contributed by atoms with Crippen LogP contribution in [0.3, 0.4) is 0 Å². The number of aryl methyl sites for hydroxylation is 1. The second-order valence-electron chi connectivity index (χ2n) is 5.53. The fourth-order valence-electron chi connectivity index (χ4n) is 2.82. The van der Waals surface area contributed by atoms with E-state index >= 15 is 0 Å². The lowest BCUT2D eigenvalue weighted by molar-refractivity contribution is -0.0707. The molecule has 2 aromatic heterocycles. The van der Waals surface area contributed by atoms with E-state index < -0.39 is 0 Å². The van der Waals surface area contributed by atoms with Gasteiger partial charge in [-0.15, -0.1) is 11.3 Å². The number of rotatable bonds is 2. The summed E-state index contributed by atoms with van der Waals surface area (Å²) in [5.41, 5.74) is 1.80. The Labute approximate surface area is 121 Å². The Morgan fingerprint density at radius 2 is 2.10 bits per heavy atom. The van der Waals surface area contributed by atoms with Gasteiger partial charge in [-0.2, -0.15) is 0 Å². The first-order valence-corrected chi connectivity index (χ1v) is 7.75. The zero-order chi connectivity index (χ0) is 14.3. The highest BCUT2D eigenvalue weighted by Crippen LogP contribution is 2.15. The number of ether oxygens (including phenoxy) is 1. The van der Waals surface area contributed by atoms with Crippen LogP contribution in [0.15, 0.2) is 16.2 Å². The molecule has 3 heterocycles. The van der Waals surface area contributed by atoms with Gasteiger partial charge in [0.1, 0.15) is 0 Å². The summed E-state index contributed by atoms with van der Waals surface area (Å²) in [7, 11) is 0. The molecule has 0 radical (unpaired) electrons. The van der Waals surface area contributed by atoms with E-state index in [9.17, 15) is 4.79 Å². The smallest absolute Gasteiger partial charge is 0.259 e. The summed E-state index contributed by atoms with van der Waals surface area (Å²) in [5.74, 6) is 0. The first-order valence-electron chi connectivity index (χ1n) is 6.87. The molecule has 0 amide bonds. The molecule has 0 aliphatic carbocycles. The fourth-order valence-corrected chi connectivity index (χ4v) is 3.72. The number of thiazole rings is 1. The molecule has 1 aliphatic heterocycles. The molecule has 2 atom stereocenters. The minimum absolute atomic E-state index is 0.0121. The molecule has 20 heavy (non-hydrogen) atoms. The Balaban J connectivity index is 1.86. The zero-order valence-corrected chi connectivity index (χ0v) is 12.8. The van der Waals surface area contributed by atoms with Gasteiger partial charge in [0, 0.05) is 36.8 Å². The molecule has 2 unspecified atom stereocenters. The van der Waals surface area contributed by atoms with E-state index in [1.807, 2.05) is 12.3 Å². The molecule has 6 heteroatoms. The predicted molar refractivity (Wildman–Crippen MR) is 79.4 cm³/mol. The molecule has 3 rings (SSSR count). The van der Waals surface area contributed by atoms with E-state index in [-0.39, 0.29) is 17.8 Å². The quantitative estimate of drug-likeness (QED) is 0.845. The normalized spacial score (nSPS) is 24.4. The Kier molecular flexibility index (Phi) is 3.62. The second kappa shape index (κ2) is 5.27. The van der Waals surface area contributed by atoms with Gasteiger partial charge < -0.3 is 4.74 Å². The monoisotopic (exact) mass is 293 g/mol. The average Bonchev–Trinajstić information content (AvgIpc) is 2.69. The SMILES string of the molecule is Cc1csc2nc(CN3CC(C)OC(C)C3)cc(=O)n12. The summed E-state index contributed by atoms with van der Waals surface area (Å²) in [5, 5.41) is 1.96. The number of morpholine rings is 1. The van der Waals surface area contributed by atoms with Crippen LogP contribution < -0.4 is 5.56 Å². The largest absolute Gasteiger partial charge is 0.373 e. The Morgan fingerprint density at radius 1 is 1.40 bits per heavy atom. The van der Waals surface area contributed by atoms with E-state index in [1.54, 1.807) is 10.5 Å². The van der Waals surface area contributed by atoms with Gasteiger partial charge in [0.2, 0.25) is 0 Å². The second-order valence-corrected chi connectivity index (χ2v) is 6.37. The minimum Gasteiger partial charge on any atom is -0.373 e. The van der Waals surface area contributed by atoms with Crippen LogP contribution in [0, 0.1) is 6.92 Å². The van der Waals surface area contributed by atoms with E-state index in [4.69, 9.17) is 4.74 Å². The Hall–Kier alpha value is -1.24. The van der Waals surface area contributed by atoms with Crippen LogP contribution in [-0.4, -0.2) is 39.6 Å². The summed E-state index contributed by atoms with van der Waals surface area (Å²) in [6.45, 7) is 8.57. The van der Waals surface area contributed by atoms with Gasteiger partial charge in [0.25, 0.3) is 5.56 Å². The molecule has 1 aliphatic rings. The first-order chi connectivity index (χ1) is 9.52. The maximum absolute atomic E-state index is 12.1. The number of hydrogen-bond donors (Lipinski definition) is 0. The maximum Gasteiger partial charge on any atom is 0.259 e. The number of nitrogens with zero attached hydrogens (tertiary/aromatic N) is 3. The van der Waals surface area contributed by atoms with Crippen molar-refractivity contribution in [1.82, 2.24) is 14.3 Å². The van der Waals surface area contributed by atoms with Crippen molar-refractivity contribution in [3.63, 3.8) is 0 Å². The molecule has 0 aromatic carbocycles. The highest BCUT2D eigenvalue weighted by Gasteiger charge is 2.22. The van der Waals surface area contributed by atoms with Crippen molar-refractivity contribution in [1.29, 1.82) is 0 Å². The lowest BCUT2D eigenvalue weighted by atomic mass is 10.2. The van der Waals surface area contributed by atoms with E-state index in [0.29, 0.717) is 6.54 Å². The fraction of sp³-hybridized carbons (Fsp3) is 0.571. The summed E-state index contributed by atoms with van der Waals surface area (Å²) < 4.78 is 7.39. The molecule has 108 valence electrons. The van der Waals surface area contributed by atoms with Crippen LogP contribution in [-0.2, 0) is 11.3 Å². The van der Waals surface area contributed by atoms with Gasteiger partial charge in [0.05, 0.1) is 17.9 Å². The molecular weight excluding hydrogens is 274 g/mol. The van der Waals surface area contributed by atoms with Gasteiger partial charge in [-0.05, 0) is 20.8 Å². The molecule has 0 spiro atoms. The van der Waals surface area contributed by atoms with Gasteiger partial charge in [0.15, 0.2) is 4.96 Å². The average molecular weight is 293 g/mol. The topological polar surface area (TPSA) is 46.8 Å². The number of hydrogen-bond acceptors (Lipinski definition) is 5. The van der Waals surface area contributed by atoms with Crippen LogP contribution in [0.4, 0.5) is 0 Å². The maximum atomic E-state index is 12.1. The minimum atomic E-state index is 0.0121. The molecular formula is C14H19N3O2S. The third-order valence-corrected chi connectivity index (χ3v) is 4.45. The molecule has 1 fully saturated rings. The van der Waals surface area contributed by atoms with Crippen LogP contribution in [0.5, 0.6) is 0 Å². The molecule has 0 bridgehead atoms. The van der Waals surface area contributed by atoms with Crippen molar-refractivity contribution in [2.75, 3.05) is 13.1 Å². The van der Waals surface area contributed by atoms with Crippen LogP contribution in [0.1, 0.15) is 25.2 Å². The molecule has 2 aromatic rings. The van der Waals surface area contributed by atoms with Gasteiger partial charge >= 0.3 is 0 Å². The molecule has 1 saturated heterocycles. The van der Waals surface area contributed by atoms with E-state index in [2.05, 4.69) is 23.7 Å². The Bertz CT molecular complexity index is 669. The van der Waals surface area contributed by atoms with Crippen molar-refractivity contribution in [3.05, 3.63) is 33.2 Å². The van der Waals surface area contributed by atoms with Crippen LogP contribution in [0.2, 0.25) is 0 Å². The third-order valence-electron chi connectivity index (χ3n) is 3.51. The van der Waals surface area contributed by atoms with E-state index in [0.717, 1.165) is 29.4 Å². The van der Waals surface area contributed by atoms with Crippen molar-refractivity contribution in [2.24, 2.45) is 0 Å². The summed E-state index contributed by atoms with van der Waals surface area (Å²) in [4.78, 5) is 19.8. The number of aromatic nitrogens is 2. The Morgan fingerprint density at radius 3 is 2.80 bits per heavy atom. The molecule has 0 saturated carbocycles. The third kappa shape index (κ3) is 2.63. The van der Waals surface area contributed by atoms with Gasteiger partial charge in [-0.3, -0.25) is 14.1 Å². The lowest BCUT2D eigenvalue weighted by Crippen LogP contribution is -2.45. The first kappa shape index (κ1) is 13.7. The van der Waals surface area contributed by atoms with E-state index in [1.165, 1.54) is 11.3 Å². The van der Waals surface area contributed by atoms with Crippen molar-refractivity contribution >= 4 is 16.3 Å².